The number of rotatable bonds is 8. The molecular formula is C25H25FN12O2. The number of ether oxygens (including phenoxy) is 1. The Morgan fingerprint density at radius 2 is 1.98 bits per heavy atom. The van der Waals surface area contributed by atoms with E-state index in [1.54, 1.807) is 36.7 Å². The Balaban J connectivity index is 0.984. The summed E-state index contributed by atoms with van der Waals surface area (Å²) in [6.45, 7) is 4.57. The predicted molar refractivity (Wildman–Crippen MR) is 142 cm³/mol. The number of nitrogens with two attached hydrogens (primary N) is 1. The second kappa shape index (κ2) is 9.92. The summed E-state index contributed by atoms with van der Waals surface area (Å²) in [4.78, 5) is 17.5. The second-order valence-electron chi connectivity index (χ2n) is 9.39. The Bertz CT molecular complexity index is 1750. The van der Waals surface area contributed by atoms with Crippen molar-refractivity contribution < 1.29 is 13.5 Å². The van der Waals surface area contributed by atoms with Crippen LogP contribution in [0.4, 0.5) is 16.0 Å². The zero-order valence-electron chi connectivity index (χ0n) is 21.3. The lowest BCUT2D eigenvalue weighted by molar-refractivity contribution is 0.245. The molecule has 1 fully saturated rings. The van der Waals surface area contributed by atoms with Crippen LogP contribution in [-0.4, -0.2) is 82.2 Å². The fraction of sp³-hybridized carbons (Fsp3) is 0.280. The minimum absolute atomic E-state index is 0.195. The zero-order chi connectivity index (χ0) is 27.1. The van der Waals surface area contributed by atoms with Gasteiger partial charge in [0.25, 0.3) is 0 Å². The maximum atomic E-state index is 14.9. The molecule has 0 saturated carbocycles. The van der Waals surface area contributed by atoms with Crippen LogP contribution in [-0.2, 0) is 13.2 Å². The Labute approximate surface area is 226 Å². The molecular weight excluding hydrogens is 519 g/mol. The Hall–Kier alpha value is -5.05. The number of furan rings is 1. The van der Waals surface area contributed by atoms with Gasteiger partial charge in [0.05, 0.1) is 30.1 Å². The van der Waals surface area contributed by atoms with Crippen molar-refractivity contribution in [3.8, 4) is 17.3 Å². The van der Waals surface area contributed by atoms with Crippen molar-refractivity contribution in [2.75, 3.05) is 43.4 Å². The number of H-pyrrole nitrogens is 1. The minimum Gasteiger partial charge on any atom is -0.486 e. The van der Waals surface area contributed by atoms with E-state index in [1.165, 1.54) is 16.9 Å². The summed E-state index contributed by atoms with van der Waals surface area (Å²) >= 11 is 0. The normalized spacial score (nSPS) is 14.5. The van der Waals surface area contributed by atoms with E-state index in [9.17, 15) is 4.39 Å². The zero-order valence-corrected chi connectivity index (χ0v) is 21.3. The molecule has 15 heteroatoms. The first kappa shape index (κ1) is 24.0. The minimum atomic E-state index is -0.315. The highest BCUT2D eigenvalue weighted by Crippen LogP contribution is 2.26. The summed E-state index contributed by atoms with van der Waals surface area (Å²) < 4.78 is 29.2. The van der Waals surface area contributed by atoms with Gasteiger partial charge in [0.2, 0.25) is 11.8 Å². The molecule has 1 aliphatic rings. The third-order valence-electron chi connectivity index (χ3n) is 6.94. The van der Waals surface area contributed by atoms with Crippen LogP contribution in [0.1, 0.15) is 5.82 Å². The molecule has 204 valence electrons. The number of hydrogen-bond donors (Lipinski definition) is 2. The summed E-state index contributed by atoms with van der Waals surface area (Å²) in [5.74, 6) is 1.91. The number of fused-ring (bicyclic) bond motifs is 3. The topological polar surface area (TPSA) is 157 Å². The number of benzene rings is 1. The molecule has 0 amide bonds. The molecule has 0 atom stereocenters. The van der Waals surface area contributed by atoms with Crippen LogP contribution in [0.25, 0.3) is 28.3 Å². The number of nitrogen functional groups attached to an aromatic ring is 1. The van der Waals surface area contributed by atoms with Crippen molar-refractivity contribution in [3.63, 3.8) is 0 Å². The van der Waals surface area contributed by atoms with Crippen LogP contribution in [0.2, 0.25) is 0 Å². The molecule has 14 nitrogen and oxygen atoms in total. The van der Waals surface area contributed by atoms with Gasteiger partial charge in [-0.25, -0.2) is 19.0 Å². The highest BCUT2D eigenvalue weighted by molar-refractivity contribution is 5.90. The number of aromatic amines is 1. The molecule has 40 heavy (non-hydrogen) atoms. The van der Waals surface area contributed by atoms with E-state index in [4.69, 9.17) is 14.9 Å². The van der Waals surface area contributed by atoms with Gasteiger partial charge in [-0.15, -0.1) is 5.10 Å². The lowest BCUT2D eigenvalue weighted by Gasteiger charge is -2.36. The summed E-state index contributed by atoms with van der Waals surface area (Å²) in [5, 5.41) is 16.2. The van der Waals surface area contributed by atoms with Gasteiger partial charge in [0, 0.05) is 38.8 Å². The Morgan fingerprint density at radius 1 is 1.07 bits per heavy atom. The molecule has 0 unspecified atom stereocenters. The fourth-order valence-electron chi connectivity index (χ4n) is 4.86. The summed E-state index contributed by atoms with van der Waals surface area (Å²) in [6.07, 6.45) is 4.71. The number of nitrogens with zero attached hydrogens (tertiary/aromatic N) is 10. The van der Waals surface area contributed by atoms with E-state index in [0.717, 1.165) is 25.0 Å². The van der Waals surface area contributed by atoms with Crippen molar-refractivity contribution in [2.45, 2.75) is 13.2 Å². The lowest BCUT2D eigenvalue weighted by atomic mass is 10.2. The number of piperazine rings is 1. The first-order valence-corrected chi connectivity index (χ1v) is 12.8. The monoisotopic (exact) mass is 544 g/mol. The van der Waals surface area contributed by atoms with Gasteiger partial charge in [-0.2, -0.15) is 19.7 Å². The number of hydrogen-bond acceptors (Lipinski definition) is 11. The number of halogens is 1. The quantitative estimate of drug-likeness (QED) is 0.289. The largest absolute Gasteiger partial charge is 0.486 e. The number of anilines is 2. The third kappa shape index (κ3) is 4.45. The Morgan fingerprint density at radius 3 is 2.75 bits per heavy atom. The van der Waals surface area contributed by atoms with Crippen molar-refractivity contribution in [3.05, 3.63) is 60.8 Å². The van der Waals surface area contributed by atoms with Crippen molar-refractivity contribution in [1.29, 1.82) is 0 Å². The maximum absolute atomic E-state index is 14.9. The molecule has 3 N–H and O–H groups in total. The van der Waals surface area contributed by atoms with Crippen LogP contribution < -0.4 is 15.4 Å². The fourth-order valence-corrected chi connectivity index (χ4v) is 4.86. The smallest absolute Gasteiger partial charge is 0.225 e. The average molecular weight is 545 g/mol. The van der Waals surface area contributed by atoms with Crippen LogP contribution >= 0.6 is 0 Å². The van der Waals surface area contributed by atoms with Gasteiger partial charge in [-0.1, -0.05) is 0 Å². The van der Waals surface area contributed by atoms with E-state index in [2.05, 4.69) is 45.1 Å². The summed E-state index contributed by atoms with van der Waals surface area (Å²) in [7, 11) is 0. The van der Waals surface area contributed by atoms with Crippen molar-refractivity contribution in [1.82, 2.24) is 49.4 Å². The van der Waals surface area contributed by atoms with E-state index >= 15 is 0 Å². The standard InChI is InChI=1S/C25H25FN12O2/c26-18-12-16(40-14-21-28-15-29-33-21)3-4-19(18)36-8-5-35(6-9-36)7-10-37-23-17(13-30-37)24-31-22(20-2-1-11-39-20)34-38(24)25(27)32-23/h1-4,11-13,15H,5-10,14H2,(H2,27,32)(H,28,29,33). The maximum Gasteiger partial charge on any atom is 0.225 e. The van der Waals surface area contributed by atoms with E-state index in [-0.39, 0.29) is 18.4 Å². The van der Waals surface area contributed by atoms with Crippen molar-refractivity contribution >= 4 is 28.3 Å². The summed E-state index contributed by atoms with van der Waals surface area (Å²) in [5.41, 5.74) is 7.99. The van der Waals surface area contributed by atoms with Crippen molar-refractivity contribution in [2.24, 2.45) is 0 Å². The van der Waals surface area contributed by atoms with Crippen LogP contribution in [0.15, 0.2) is 53.5 Å². The molecule has 7 rings (SSSR count). The van der Waals surface area contributed by atoms with Crippen LogP contribution in [0, 0.1) is 5.82 Å². The van der Waals surface area contributed by atoms with Gasteiger partial charge < -0.3 is 19.8 Å². The van der Waals surface area contributed by atoms with Crippen LogP contribution in [0.3, 0.4) is 0 Å². The lowest BCUT2D eigenvalue weighted by Crippen LogP contribution is -2.47. The first-order valence-electron chi connectivity index (χ1n) is 12.8. The molecule has 0 spiro atoms. The van der Waals surface area contributed by atoms with E-state index < -0.39 is 0 Å². The van der Waals surface area contributed by atoms with Gasteiger partial charge >= 0.3 is 0 Å². The van der Waals surface area contributed by atoms with Gasteiger partial charge in [-0.05, 0) is 24.3 Å². The molecule has 6 aromatic rings. The predicted octanol–water partition coefficient (Wildman–Crippen LogP) is 1.97. The van der Waals surface area contributed by atoms with E-state index in [0.29, 0.717) is 59.8 Å². The average Bonchev–Trinajstić information content (AvgIpc) is 3.78. The molecule has 5 aromatic heterocycles. The number of nitrogens with one attached hydrogen (secondary N) is 1. The summed E-state index contributed by atoms with van der Waals surface area (Å²) in [6, 6.07) is 8.50. The number of aromatic nitrogens is 9. The molecule has 0 bridgehead atoms. The second-order valence-corrected chi connectivity index (χ2v) is 9.39. The molecule has 1 aromatic carbocycles. The molecule has 6 heterocycles. The first-order chi connectivity index (χ1) is 19.6. The van der Waals surface area contributed by atoms with Gasteiger partial charge in [-0.3, -0.25) is 10.00 Å². The van der Waals surface area contributed by atoms with E-state index in [1.807, 2.05) is 4.68 Å². The van der Waals surface area contributed by atoms with Gasteiger partial charge in [0.1, 0.15) is 24.5 Å². The highest BCUT2D eigenvalue weighted by atomic mass is 19.1. The molecule has 1 saturated heterocycles. The van der Waals surface area contributed by atoms with Crippen LogP contribution in [0.5, 0.6) is 5.75 Å². The third-order valence-corrected chi connectivity index (χ3v) is 6.94. The SMILES string of the molecule is Nc1nc2c(cnn2CCN2CCN(c3ccc(OCc4ncn[nH]4)cc3F)CC2)c2nc(-c3ccco3)nn12. The highest BCUT2D eigenvalue weighted by Gasteiger charge is 2.21. The molecule has 0 aliphatic carbocycles. The molecule has 0 radical (unpaired) electrons. The Kier molecular flexibility index (Phi) is 5.96. The molecule has 1 aliphatic heterocycles. The van der Waals surface area contributed by atoms with Gasteiger partial charge in [0.15, 0.2) is 22.9 Å².